The van der Waals surface area contributed by atoms with Gasteiger partial charge in [-0.1, -0.05) is 6.07 Å². The highest BCUT2D eigenvalue weighted by Gasteiger charge is 2.09. The third-order valence-corrected chi connectivity index (χ3v) is 3.62. The van der Waals surface area contributed by atoms with Crippen molar-refractivity contribution in [1.82, 2.24) is 10.2 Å². The van der Waals surface area contributed by atoms with Gasteiger partial charge < -0.3 is 14.8 Å². The first-order valence-electron chi connectivity index (χ1n) is 7.52. The van der Waals surface area contributed by atoms with E-state index < -0.39 is 0 Å². The molecule has 0 bridgehead atoms. The van der Waals surface area contributed by atoms with E-state index in [0.717, 1.165) is 45.7 Å². The van der Waals surface area contributed by atoms with Gasteiger partial charge in [0.1, 0.15) is 5.75 Å². The first kappa shape index (κ1) is 15.8. The van der Waals surface area contributed by atoms with Crippen molar-refractivity contribution in [2.24, 2.45) is 0 Å². The highest BCUT2D eigenvalue weighted by molar-refractivity contribution is 5.94. The Morgan fingerprint density at radius 1 is 1.33 bits per heavy atom. The van der Waals surface area contributed by atoms with Crippen molar-refractivity contribution in [2.45, 2.75) is 12.8 Å². The first-order chi connectivity index (χ1) is 10.3. The van der Waals surface area contributed by atoms with E-state index in [1.807, 2.05) is 12.1 Å². The Labute approximate surface area is 126 Å². The molecule has 1 saturated heterocycles. The molecule has 1 fully saturated rings. The Balaban J connectivity index is 1.62. The molecule has 0 aliphatic carbocycles. The van der Waals surface area contributed by atoms with Crippen LogP contribution in [0.25, 0.3) is 0 Å². The first-order valence-corrected chi connectivity index (χ1v) is 7.52. The second kappa shape index (κ2) is 8.64. The number of morpholine rings is 1. The van der Waals surface area contributed by atoms with Crippen molar-refractivity contribution in [3.8, 4) is 5.75 Å². The number of methoxy groups -OCH3 is 1. The summed E-state index contributed by atoms with van der Waals surface area (Å²) in [5, 5.41) is 2.95. The molecule has 1 amide bonds. The minimum Gasteiger partial charge on any atom is -0.497 e. The average molecular weight is 292 g/mol. The number of carbonyl (C=O) groups is 1. The van der Waals surface area contributed by atoms with E-state index in [4.69, 9.17) is 9.47 Å². The number of benzene rings is 1. The molecular formula is C16H24N2O3. The SMILES string of the molecule is COc1cccc(C(=O)NCCCCN2CCOCC2)c1. The molecule has 1 aromatic carbocycles. The highest BCUT2D eigenvalue weighted by atomic mass is 16.5. The second-order valence-corrected chi connectivity index (χ2v) is 5.15. The summed E-state index contributed by atoms with van der Waals surface area (Å²) in [5.41, 5.74) is 0.641. The quantitative estimate of drug-likeness (QED) is 0.775. The van der Waals surface area contributed by atoms with Crippen LogP contribution in [0.15, 0.2) is 24.3 Å². The summed E-state index contributed by atoms with van der Waals surface area (Å²) in [5.74, 6) is 0.662. The van der Waals surface area contributed by atoms with Gasteiger partial charge in [0.25, 0.3) is 5.91 Å². The minimum atomic E-state index is -0.0414. The summed E-state index contributed by atoms with van der Waals surface area (Å²) in [6.45, 7) is 5.52. The number of hydrogen-bond donors (Lipinski definition) is 1. The number of ether oxygens (including phenoxy) is 2. The Morgan fingerprint density at radius 3 is 2.90 bits per heavy atom. The molecule has 5 nitrogen and oxygen atoms in total. The van der Waals surface area contributed by atoms with Crippen LogP contribution in [0.2, 0.25) is 0 Å². The molecule has 1 aliphatic heterocycles. The molecule has 1 aliphatic rings. The van der Waals surface area contributed by atoms with Gasteiger partial charge in [-0.25, -0.2) is 0 Å². The number of rotatable bonds is 7. The zero-order valence-electron chi connectivity index (χ0n) is 12.6. The fourth-order valence-electron chi connectivity index (χ4n) is 2.35. The highest BCUT2D eigenvalue weighted by Crippen LogP contribution is 2.12. The van der Waals surface area contributed by atoms with Crippen LogP contribution in [0, 0.1) is 0 Å². The normalized spacial score (nSPS) is 15.7. The standard InChI is InChI=1S/C16H24N2O3/c1-20-15-6-4-5-14(13-15)16(19)17-7-2-3-8-18-9-11-21-12-10-18/h4-6,13H,2-3,7-12H2,1H3,(H,17,19). The van der Waals surface area contributed by atoms with Gasteiger partial charge in [0.05, 0.1) is 20.3 Å². The molecule has 1 heterocycles. The Bertz CT molecular complexity index is 445. The van der Waals surface area contributed by atoms with Gasteiger partial charge >= 0.3 is 0 Å². The van der Waals surface area contributed by atoms with E-state index in [-0.39, 0.29) is 5.91 Å². The van der Waals surface area contributed by atoms with Gasteiger partial charge in [-0.2, -0.15) is 0 Å². The number of nitrogens with zero attached hydrogens (tertiary/aromatic N) is 1. The maximum Gasteiger partial charge on any atom is 0.251 e. The molecule has 2 rings (SSSR count). The smallest absolute Gasteiger partial charge is 0.251 e. The molecule has 1 aromatic rings. The van der Waals surface area contributed by atoms with Crippen molar-refractivity contribution in [2.75, 3.05) is 46.5 Å². The molecule has 0 unspecified atom stereocenters. The second-order valence-electron chi connectivity index (χ2n) is 5.15. The zero-order chi connectivity index (χ0) is 14.9. The summed E-state index contributed by atoms with van der Waals surface area (Å²) >= 11 is 0. The zero-order valence-corrected chi connectivity index (χ0v) is 12.6. The molecule has 0 aromatic heterocycles. The number of amides is 1. The average Bonchev–Trinajstić information content (AvgIpc) is 2.55. The van der Waals surface area contributed by atoms with E-state index in [0.29, 0.717) is 17.9 Å². The Kier molecular flexibility index (Phi) is 6.50. The third kappa shape index (κ3) is 5.36. The molecule has 0 atom stereocenters. The predicted molar refractivity (Wildman–Crippen MR) is 81.8 cm³/mol. The third-order valence-electron chi connectivity index (χ3n) is 3.62. The molecule has 0 spiro atoms. The lowest BCUT2D eigenvalue weighted by Crippen LogP contribution is -2.37. The van der Waals surface area contributed by atoms with Crippen LogP contribution in [0.3, 0.4) is 0 Å². The summed E-state index contributed by atoms with van der Waals surface area (Å²) in [7, 11) is 1.60. The fourth-order valence-corrected chi connectivity index (χ4v) is 2.35. The van der Waals surface area contributed by atoms with Crippen molar-refractivity contribution in [3.05, 3.63) is 29.8 Å². The van der Waals surface area contributed by atoms with E-state index in [1.165, 1.54) is 0 Å². The van der Waals surface area contributed by atoms with Gasteiger partial charge in [-0.15, -0.1) is 0 Å². The van der Waals surface area contributed by atoms with E-state index in [2.05, 4.69) is 10.2 Å². The van der Waals surface area contributed by atoms with Crippen LogP contribution in [0.4, 0.5) is 0 Å². The van der Waals surface area contributed by atoms with Gasteiger partial charge in [0, 0.05) is 25.2 Å². The molecule has 5 heteroatoms. The maximum absolute atomic E-state index is 12.0. The Morgan fingerprint density at radius 2 is 2.14 bits per heavy atom. The molecular weight excluding hydrogens is 268 g/mol. The minimum absolute atomic E-state index is 0.0414. The summed E-state index contributed by atoms with van der Waals surface area (Å²) in [4.78, 5) is 14.4. The number of carbonyl (C=O) groups excluding carboxylic acids is 1. The van der Waals surface area contributed by atoms with E-state index >= 15 is 0 Å². The van der Waals surface area contributed by atoms with Crippen molar-refractivity contribution < 1.29 is 14.3 Å². The molecule has 21 heavy (non-hydrogen) atoms. The van der Waals surface area contributed by atoms with Crippen LogP contribution < -0.4 is 10.1 Å². The molecule has 0 saturated carbocycles. The molecule has 0 radical (unpaired) electrons. The monoisotopic (exact) mass is 292 g/mol. The van der Waals surface area contributed by atoms with Crippen molar-refractivity contribution in [3.63, 3.8) is 0 Å². The predicted octanol–water partition coefficient (Wildman–Crippen LogP) is 1.54. The van der Waals surface area contributed by atoms with Gasteiger partial charge in [-0.3, -0.25) is 9.69 Å². The summed E-state index contributed by atoms with van der Waals surface area (Å²) in [6.07, 6.45) is 2.09. The van der Waals surface area contributed by atoms with Crippen molar-refractivity contribution >= 4 is 5.91 Å². The number of hydrogen-bond acceptors (Lipinski definition) is 4. The lowest BCUT2D eigenvalue weighted by Gasteiger charge is -2.26. The fraction of sp³-hybridized carbons (Fsp3) is 0.562. The van der Waals surface area contributed by atoms with Crippen LogP contribution >= 0.6 is 0 Å². The van der Waals surface area contributed by atoms with Gasteiger partial charge in [-0.05, 0) is 37.6 Å². The topological polar surface area (TPSA) is 50.8 Å². The lowest BCUT2D eigenvalue weighted by atomic mass is 10.2. The summed E-state index contributed by atoms with van der Waals surface area (Å²) in [6, 6.07) is 7.21. The van der Waals surface area contributed by atoms with Crippen molar-refractivity contribution in [1.29, 1.82) is 0 Å². The van der Waals surface area contributed by atoms with Gasteiger partial charge in [0.15, 0.2) is 0 Å². The van der Waals surface area contributed by atoms with Crippen LogP contribution in [-0.4, -0.2) is 57.3 Å². The van der Waals surface area contributed by atoms with Crippen LogP contribution in [-0.2, 0) is 4.74 Å². The molecule has 1 N–H and O–H groups in total. The lowest BCUT2D eigenvalue weighted by molar-refractivity contribution is 0.0372. The maximum atomic E-state index is 12.0. The summed E-state index contributed by atoms with van der Waals surface area (Å²) < 4.78 is 10.4. The van der Waals surface area contributed by atoms with Crippen LogP contribution in [0.1, 0.15) is 23.2 Å². The van der Waals surface area contributed by atoms with E-state index in [9.17, 15) is 4.79 Å². The number of unbranched alkanes of at least 4 members (excludes halogenated alkanes) is 1. The van der Waals surface area contributed by atoms with E-state index in [1.54, 1.807) is 19.2 Å². The van der Waals surface area contributed by atoms with Crippen LogP contribution in [0.5, 0.6) is 5.75 Å². The van der Waals surface area contributed by atoms with Gasteiger partial charge in [0.2, 0.25) is 0 Å². The Hall–Kier alpha value is -1.59. The largest absolute Gasteiger partial charge is 0.497 e. The number of nitrogens with one attached hydrogen (secondary N) is 1. The molecule has 116 valence electrons.